The summed E-state index contributed by atoms with van der Waals surface area (Å²) in [5, 5.41) is 0. The van der Waals surface area contributed by atoms with Crippen molar-refractivity contribution in [2.45, 2.75) is 6.92 Å². The van der Waals surface area contributed by atoms with E-state index in [1.54, 1.807) is 31.2 Å². The van der Waals surface area contributed by atoms with E-state index in [1.165, 1.54) is 0 Å². The van der Waals surface area contributed by atoms with E-state index in [-0.39, 0.29) is 13.2 Å². The molecule has 100 valence electrons. The summed E-state index contributed by atoms with van der Waals surface area (Å²) in [6, 6.07) is 6.64. The topological polar surface area (TPSA) is 63.7 Å². The number of benzene rings is 1. The summed E-state index contributed by atoms with van der Waals surface area (Å²) in [6.07, 6.45) is 1.05. The van der Waals surface area contributed by atoms with Crippen molar-refractivity contribution >= 4 is 37.6 Å². The van der Waals surface area contributed by atoms with E-state index in [9.17, 15) is 13.2 Å². The lowest BCUT2D eigenvalue weighted by Crippen LogP contribution is -2.35. The summed E-state index contributed by atoms with van der Waals surface area (Å²) in [7, 11) is -3.53. The van der Waals surface area contributed by atoms with Crippen LogP contribution >= 0.6 is 15.9 Å². The van der Waals surface area contributed by atoms with Crippen LogP contribution in [0.3, 0.4) is 0 Å². The molecule has 7 heteroatoms. The lowest BCUT2D eigenvalue weighted by Gasteiger charge is -2.21. The van der Waals surface area contributed by atoms with Crippen LogP contribution in [0, 0.1) is 0 Å². The molecule has 0 N–H and O–H groups in total. The second-order valence-electron chi connectivity index (χ2n) is 3.55. The maximum absolute atomic E-state index is 11.7. The van der Waals surface area contributed by atoms with Crippen LogP contribution in [0.25, 0.3) is 0 Å². The molecule has 0 fully saturated rings. The Balaban J connectivity index is 3.00. The van der Waals surface area contributed by atoms with Crippen LogP contribution in [0.1, 0.15) is 6.92 Å². The Morgan fingerprint density at radius 2 is 1.89 bits per heavy atom. The number of anilines is 1. The van der Waals surface area contributed by atoms with Crippen LogP contribution in [0.5, 0.6) is 0 Å². The third-order valence-electron chi connectivity index (χ3n) is 2.09. The minimum atomic E-state index is -3.53. The first-order valence-corrected chi connectivity index (χ1v) is 7.87. The first-order chi connectivity index (χ1) is 8.34. The highest BCUT2D eigenvalue weighted by Gasteiger charge is 2.21. The minimum Gasteiger partial charge on any atom is -0.465 e. The van der Waals surface area contributed by atoms with Gasteiger partial charge in [-0.1, -0.05) is 15.9 Å². The highest BCUT2D eigenvalue weighted by molar-refractivity contribution is 9.10. The van der Waals surface area contributed by atoms with Crippen molar-refractivity contribution in [3.63, 3.8) is 0 Å². The van der Waals surface area contributed by atoms with Gasteiger partial charge in [0, 0.05) is 4.47 Å². The number of hydrogen-bond donors (Lipinski definition) is 0. The van der Waals surface area contributed by atoms with Gasteiger partial charge in [0.25, 0.3) is 0 Å². The van der Waals surface area contributed by atoms with Crippen molar-refractivity contribution in [2.24, 2.45) is 0 Å². The summed E-state index contributed by atoms with van der Waals surface area (Å²) < 4.78 is 29.9. The van der Waals surface area contributed by atoms with Gasteiger partial charge in [0.15, 0.2) is 0 Å². The molecule has 0 radical (unpaired) electrons. The highest BCUT2D eigenvalue weighted by atomic mass is 79.9. The lowest BCUT2D eigenvalue weighted by atomic mass is 10.3. The van der Waals surface area contributed by atoms with Crippen LogP contribution in [-0.4, -0.2) is 33.8 Å². The molecular formula is C11H14BrNO4S. The van der Waals surface area contributed by atoms with Crippen molar-refractivity contribution in [1.29, 1.82) is 0 Å². The number of sulfonamides is 1. The quantitative estimate of drug-likeness (QED) is 0.769. The zero-order valence-electron chi connectivity index (χ0n) is 10.1. The van der Waals surface area contributed by atoms with Gasteiger partial charge >= 0.3 is 5.97 Å². The molecule has 0 atom stereocenters. The molecule has 0 amide bonds. The molecule has 18 heavy (non-hydrogen) atoms. The van der Waals surface area contributed by atoms with Crippen LogP contribution in [0.2, 0.25) is 0 Å². The molecule has 0 aliphatic heterocycles. The maximum Gasteiger partial charge on any atom is 0.326 e. The summed E-state index contributed by atoms with van der Waals surface area (Å²) in [5.74, 6) is -0.578. The van der Waals surface area contributed by atoms with E-state index in [0.717, 1.165) is 15.0 Å². The van der Waals surface area contributed by atoms with Gasteiger partial charge in [0.1, 0.15) is 6.54 Å². The Hall–Kier alpha value is -1.08. The van der Waals surface area contributed by atoms with Gasteiger partial charge in [-0.05, 0) is 31.2 Å². The third-order valence-corrected chi connectivity index (χ3v) is 3.76. The zero-order chi connectivity index (χ0) is 13.8. The smallest absolute Gasteiger partial charge is 0.326 e. The Kier molecular flexibility index (Phi) is 5.15. The van der Waals surface area contributed by atoms with Gasteiger partial charge < -0.3 is 4.74 Å². The molecule has 0 aliphatic rings. The summed E-state index contributed by atoms with van der Waals surface area (Å²) in [5.41, 5.74) is 0.425. The normalized spacial score (nSPS) is 11.1. The standard InChI is InChI=1S/C11H14BrNO4S/c1-3-17-11(14)8-13(18(2,15)16)10-6-4-9(12)5-7-10/h4-7H,3,8H2,1-2H3. The van der Waals surface area contributed by atoms with Crippen LogP contribution in [-0.2, 0) is 19.6 Å². The molecule has 0 heterocycles. The molecule has 5 nitrogen and oxygen atoms in total. The summed E-state index contributed by atoms with van der Waals surface area (Å²) >= 11 is 3.26. The van der Waals surface area contributed by atoms with Crippen molar-refractivity contribution < 1.29 is 17.9 Å². The fraction of sp³-hybridized carbons (Fsp3) is 0.364. The Labute approximate surface area is 115 Å². The van der Waals surface area contributed by atoms with E-state index in [4.69, 9.17) is 4.74 Å². The molecule has 0 saturated heterocycles. The molecule has 0 bridgehead atoms. The molecule has 1 rings (SSSR count). The van der Waals surface area contributed by atoms with Crippen molar-refractivity contribution in [3.05, 3.63) is 28.7 Å². The molecule has 0 unspecified atom stereocenters. The predicted octanol–water partition coefficient (Wildman–Crippen LogP) is 1.78. The average molecular weight is 336 g/mol. The number of nitrogens with zero attached hydrogens (tertiary/aromatic N) is 1. The monoisotopic (exact) mass is 335 g/mol. The third kappa shape index (κ3) is 4.30. The van der Waals surface area contributed by atoms with Crippen molar-refractivity contribution in [2.75, 3.05) is 23.7 Å². The largest absolute Gasteiger partial charge is 0.465 e. The number of ether oxygens (including phenoxy) is 1. The number of carbonyl (C=O) groups is 1. The highest BCUT2D eigenvalue weighted by Crippen LogP contribution is 2.20. The van der Waals surface area contributed by atoms with Gasteiger partial charge in [-0.2, -0.15) is 0 Å². The van der Waals surface area contributed by atoms with Crippen LogP contribution in [0.15, 0.2) is 28.7 Å². The van der Waals surface area contributed by atoms with E-state index >= 15 is 0 Å². The van der Waals surface area contributed by atoms with Crippen LogP contribution < -0.4 is 4.31 Å². The Morgan fingerprint density at radius 1 is 1.33 bits per heavy atom. The van der Waals surface area contributed by atoms with Gasteiger partial charge in [0.05, 0.1) is 18.6 Å². The van der Waals surface area contributed by atoms with Gasteiger partial charge in [-0.25, -0.2) is 8.42 Å². The number of carbonyl (C=O) groups excluding carboxylic acids is 1. The summed E-state index contributed by atoms with van der Waals surface area (Å²) in [6.45, 7) is 1.56. The molecule has 0 spiro atoms. The molecule has 1 aromatic carbocycles. The second-order valence-corrected chi connectivity index (χ2v) is 6.37. The fourth-order valence-electron chi connectivity index (χ4n) is 1.33. The Bertz CT molecular complexity index is 512. The SMILES string of the molecule is CCOC(=O)CN(c1ccc(Br)cc1)S(C)(=O)=O. The van der Waals surface area contributed by atoms with Gasteiger partial charge in [-0.3, -0.25) is 9.10 Å². The first kappa shape index (κ1) is 15.0. The van der Waals surface area contributed by atoms with E-state index in [2.05, 4.69) is 15.9 Å². The van der Waals surface area contributed by atoms with E-state index < -0.39 is 16.0 Å². The first-order valence-electron chi connectivity index (χ1n) is 5.23. The Morgan fingerprint density at radius 3 is 2.33 bits per heavy atom. The second kappa shape index (κ2) is 6.19. The molecule has 1 aromatic rings. The molecular weight excluding hydrogens is 322 g/mol. The number of esters is 1. The number of rotatable bonds is 5. The average Bonchev–Trinajstić information content (AvgIpc) is 2.26. The van der Waals surface area contributed by atoms with Crippen molar-refractivity contribution in [3.8, 4) is 0 Å². The zero-order valence-corrected chi connectivity index (χ0v) is 12.5. The minimum absolute atomic E-state index is 0.219. The fourth-order valence-corrected chi connectivity index (χ4v) is 2.44. The molecule has 0 aromatic heterocycles. The predicted molar refractivity (Wildman–Crippen MR) is 73.0 cm³/mol. The maximum atomic E-state index is 11.7. The van der Waals surface area contributed by atoms with Gasteiger partial charge in [0.2, 0.25) is 10.0 Å². The number of hydrogen-bond acceptors (Lipinski definition) is 4. The van der Waals surface area contributed by atoms with Crippen molar-refractivity contribution in [1.82, 2.24) is 0 Å². The van der Waals surface area contributed by atoms with E-state index in [1.807, 2.05) is 0 Å². The van der Waals surface area contributed by atoms with Gasteiger partial charge in [-0.15, -0.1) is 0 Å². The van der Waals surface area contributed by atoms with E-state index in [0.29, 0.717) is 5.69 Å². The molecule has 0 saturated carbocycles. The number of halogens is 1. The lowest BCUT2D eigenvalue weighted by molar-refractivity contribution is -0.141. The van der Waals surface area contributed by atoms with Crippen LogP contribution in [0.4, 0.5) is 5.69 Å². The molecule has 0 aliphatic carbocycles. The summed E-state index contributed by atoms with van der Waals surface area (Å²) in [4.78, 5) is 11.4.